The lowest BCUT2D eigenvalue weighted by molar-refractivity contribution is -0.105. The summed E-state index contributed by atoms with van der Waals surface area (Å²) in [6, 6.07) is 5.27. The normalized spacial score (nSPS) is 18.9. The van der Waals surface area contributed by atoms with E-state index in [1.807, 2.05) is 45.9 Å². The summed E-state index contributed by atoms with van der Waals surface area (Å²) in [6.45, 7) is 10.4. The van der Waals surface area contributed by atoms with Crippen LogP contribution in [-0.4, -0.2) is 75.4 Å². The van der Waals surface area contributed by atoms with Crippen molar-refractivity contribution in [2.45, 2.75) is 70.0 Å². The second kappa shape index (κ2) is 12.1. The van der Waals surface area contributed by atoms with Crippen LogP contribution in [0.2, 0.25) is 5.02 Å². The third-order valence-corrected chi connectivity index (χ3v) is 8.54. The first-order chi connectivity index (χ1) is 18.1. The van der Waals surface area contributed by atoms with Crippen LogP contribution in [0.1, 0.15) is 57.2 Å². The van der Waals surface area contributed by atoms with Gasteiger partial charge in [-0.1, -0.05) is 17.7 Å². The third kappa shape index (κ3) is 6.55. The summed E-state index contributed by atoms with van der Waals surface area (Å²) in [4.78, 5) is 13.0. The topological polar surface area (TPSA) is 131 Å². The average molecular weight is 565 g/mol. The molecule has 1 fully saturated rings. The van der Waals surface area contributed by atoms with Crippen LogP contribution in [0, 0.1) is 6.92 Å². The monoisotopic (exact) mass is 564 g/mol. The molecule has 0 aliphatic carbocycles. The molecule has 1 saturated heterocycles. The maximum absolute atomic E-state index is 13.8. The van der Waals surface area contributed by atoms with Crippen molar-refractivity contribution in [1.82, 2.24) is 29.7 Å². The van der Waals surface area contributed by atoms with Gasteiger partial charge in [-0.05, 0) is 46.8 Å². The van der Waals surface area contributed by atoms with Crippen LogP contribution >= 0.6 is 11.6 Å². The van der Waals surface area contributed by atoms with E-state index >= 15 is 0 Å². The van der Waals surface area contributed by atoms with Crippen LogP contribution in [0.25, 0.3) is 11.5 Å². The Morgan fingerprint density at radius 1 is 1.13 bits per heavy atom. The molecule has 0 bridgehead atoms. The van der Waals surface area contributed by atoms with Crippen molar-refractivity contribution in [2.75, 3.05) is 19.8 Å². The minimum Gasteiger partial charge on any atom is -0.376 e. The summed E-state index contributed by atoms with van der Waals surface area (Å²) in [5.41, 5.74) is 1.40. The Kier molecular flexibility index (Phi) is 9.09. The van der Waals surface area contributed by atoms with Crippen molar-refractivity contribution in [3.63, 3.8) is 0 Å². The highest BCUT2D eigenvalue weighted by Gasteiger charge is 2.37. The molecule has 0 amide bonds. The molecule has 4 atom stereocenters. The standard InChI is InChI=1S/C25H33ClN6O5S/c1-15(2)37-23(24-27-11-19(26)12-28-24)18(5)38(33,34)14-22-30-31-25(20-8-6-7-16(3)29-20)32(22)17(4)21-13-35-9-10-36-21/h6-8,11-12,15,17-18,21,23H,9-10,13-14H2,1-5H3/t17-,18-,21+,23+/m0/s1. The zero-order valence-electron chi connectivity index (χ0n) is 22.1. The zero-order valence-corrected chi connectivity index (χ0v) is 23.7. The number of rotatable bonds is 10. The second-order valence-corrected chi connectivity index (χ2v) is 12.4. The van der Waals surface area contributed by atoms with E-state index in [4.69, 9.17) is 25.8 Å². The van der Waals surface area contributed by atoms with Crippen molar-refractivity contribution in [1.29, 1.82) is 0 Å². The summed E-state index contributed by atoms with van der Waals surface area (Å²) < 4.78 is 46.9. The molecule has 4 rings (SSSR count). The summed E-state index contributed by atoms with van der Waals surface area (Å²) in [5, 5.41) is 8.05. The van der Waals surface area contributed by atoms with E-state index in [0.29, 0.717) is 36.4 Å². The van der Waals surface area contributed by atoms with Crippen LogP contribution in [0.5, 0.6) is 0 Å². The maximum Gasteiger partial charge on any atom is 0.182 e. The van der Waals surface area contributed by atoms with Crippen LogP contribution in [0.3, 0.4) is 0 Å². The summed E-state index contributed by atoms with van der Waals surface area (Å²) in [7, 11) is -3.83. The number of pyridine rings is 1. The van der Waals surface area contributed by atoms with E-state index in [1.165, 1.54) is 12.4 Å². The van der Waals surface area contributed by atoms with Crippen LogP contribution in [0.15, 0.2) is 30.6 Å². The number of sulfone groups is 1. The van der Waals surface area contributed by atoms with Gasteiger partial charge < -0.3 is 18.8 Å². The highest BCUT2D eigenvalue weighted by atomic mass is 35.5. The van der Waals surface area contributed by atoms with Gasteiger partial charge in [-0.3, -0.25) is 0 Å². The molecule has 0 N–H and O–H groups in total. The van der Waals surface area contributed by atoms with E-state index in [1.54, 1.807) is 11.5 Å². The molecule has 1 aliphatic rings. The van der Waals surface area contributed by atoms with Crippen molar-refractivity contribution in [2.24, 2.45) is 0 Å². The highest BCUT2D eigenvalue weighted by Crippen LogP contribution is 2.30. The van der Waals surface area contributed by atoms with Crippen molar-refractivity contribution >= 4 is 21.4 Å². The molecule has 11 nitrogen and oxygen atoms in total. The molecular weight excluding hydrogens is 532 g/mol. The number of aromatic nitrogens is 6. The Morgan fingerprint density at radius 2 is 1.87 bits per heavy atom. The number of nitrogens with zero attached hydrogens (tertiary/aromatic N) is 6. The summed E-state index contributed by atoms with van der Waals surface area (Å²) >= 11 is 5.95. The first-order valence-corrected chi connectivity index (χ1v) is 14.6. The quantitative estimate of drug-likeness (QED) is 0.360. The third-order valence-electron chi connectivity index (χ3n) is 6.31. The molecule has 3 aromatic heterocycles. The average Bonchev–Trinajstić information content (AvgIpc) is 3.30. The number of hydrogen-bond acceptors (Lipinski definition) is 10. The van der Waals surface area contributed by atoms with Crippen molar-refractivity contribution in [3.8, 4) is 11.5 Å². The van der Waals surface area contributed by atoms with E-state index in [-0.39, 0.29) is 35.7 Å². The molecule has 0 radical (unpaired) electrons. The fourth-order valence-corrected chi connectivity index (χ4v) is 5.77. The number of aryl methyl sites for hydroxylation is 1. The minimum atomic E-state index is -3.83. The molecule has 4 heterocycles. The van der Waals surface area contributed by atoms with Gasteiger partial charge in [0.15, 0.2) is 21.5 Å². The molecule has 38 heavy (non-hydrogen) atoms. The molecule has 0 aromatic carbocycles. The minimum absolute atomic E-state index is 0.242. The lowest BCUT2D eigenvalue weighted by Gasteiger charge is -2.30. The van der Waals surface area contributed by atoms with Crippen LogP contribution in [-0.2, 0) is 29.8 Å². The lowest BCUT2D eigenvalue weighted by Crippen LogP contribution is -2.37. The molecule has 0 spiro atoms. The van der Waals surface area contributed by atoms with E-state index in [2.05, 4.69) is 25.1 Å². The molecule has 0 saturated carbocycles. The van der Waals surface area contributed by atoms with Gasteiger partial charge in [-0.25, -0.2) is 23.4 Å². The Balaban J connectivity index is 1.71. The largest absolute Gasteiger partial charge is 0.376 e. The highest BCUT2D eigenvalue weighted by molar-refractivity contribution is 7.91. The summed E-state index contributed by atoms with van der Waals surface area (Å²) in [6.07, 6.45) is 1.38. The zero-order chi connectivity index (χ0) is 27.4. The van der Waals surface area contributed by atoms with Crippen LogP contribution < -0.4 is 0 Å². The molecule has 13 heteroatoms. The van der Waals surface area contributed by atoms with Gasteiger partial charge >= 0.3 is 0 Å². The first kappa shape index (κ1) is 28.5. The first-order valence-electron chi connectivity index (χ1n) is 12.5. The molecule has 1 aliphatic heterocycles. The van der Waals surface area contributed by atoms with Crippen LogP contribution in [0.4, 0.5) is 0 Å². The van der Waals surface area contributed by atoms with E-state index in [9.17, 15) is 8.42 Å². The Bertz CT molecular complexity index is 1330. The Morgan fingerprint density at radius 3 is 2.50 bits per heavy atom. The SMILES string of the molecule is Cc1cccc(-c2nnc(CS(=O)(=O)[C@@H](C)[C@@H](OC(C)C)c3ncc(Cl)cn3)n2[C@@H](C)[C@H]2COCCO2)n1. The molecular formula is C25H33ClN6O5S. The van der Waals surface area contributed by atoms with Gasteiger partial charge in [0.1, 0.15) is 29.5 Å². The fraction of sp³-hybridized carbons (Fsp3) is 0.560. The second-order valence-electron chi connectivity index (χ2n) is 9.58. The Hall–Kier alpha value is -2.51. The van der Waals surface area contributed by atoms with Gasteiger partial charge in [-0.15, -0.1) is 10.2 Å². The number of ether oxygens (including phenoxy) is 3. The van der Waals surface area contributed by atoms with Gasteiger partial charge in [0, 0.05) is 18.1 Å². The van der Waals surface area contributed by atoms with Gasteiger partial charge in [0.25, 0.3) is 0 Å². The van der Waals surface area contributed by atoms with E-state index < -0.39 is 21.2 Å². The summed E-state index contributed by atoms with van der Waals surface area (Å²) in [5.74, 6) is 0.601. The number of hydrogen-bond donors (Lipinski definition) is 0. The predicted octanol–water partition coefficient (Wildman–Crippen LogP) is 3.54. The molecule has 3 aromatic rings. The lowest BCUT2D eigenvalue weighted by atomic mass is 10.1. The van der Waals surface area contributed by atoms with Crippen molar-refractivity contribution in [3.05, 3.63) is 53.0 Å². The molecule has 0 unspecified atom stereocenters. The van der Waals surface area contributed by atoms with E-state index in [0.717, 1.165) is 5.69 Å². The van der Waals surface area contributed by atoms with Gasteiger partial charge in [0.05, 0.1) is 42.2 Å². The van der Waals surface area contributed by atoms with Crippen molar-refractivity contribution < 1.29 is 22.6 Å². The van der Waals surface area contributed by atoms with Gasteiger partial charge in [0.2, 0.25) is 0 Å². The smallest absolute Gasteiger partial charge is 0.182 e. The fourth-order valence-electron chi connectivity index (χ4n) is 4.29. The molecule has 206 valence electrons. The van der Waals surface area contributed by atoms with Gasteiger partial charge in [-0.2, -0.15) is 0 Å². The predicted molar refractivity (Wildman–Crippen MR) is 141 cm³/mol. The maximum atomic E-state index is 13.8. The Labute approximate surface area is 227 Å². The number of halogens is 1.